The number of carbonyl (C=O) groups is 2. The summed E-state index contributed by atoms with van der Waals surface area (Å²) in [6, 6.07) is 18.9. The zero-order valence-electron chi connectivity index (χ0n) is 16.0. The summed E-state index contributed by atoms with van der Waals surface area (Å²) in [7, 11) is 1.61. The van der Waals surface area contributed by atoms with E-state index in [1.807, 2.05) is 54.6 Å². The number of carbonyl (C=O) groups excluding carboxylic acids is 1. The second-order valence-corrected chi connectivity index (χ2v) is 6.97. The van der Waals surface area contributed by atoms with Crippen LogP contribution in [0.2, 0.25) is 0 Å². The Kier molecular flexibility index (Phi) is 5.03. The van der Waals surface area contributed by atoms with Crippen molar-refractivity contribution in [2.24, 2.45) is 5.92 Å². The van der Waals surface area contributed by atoms with Gasteiger partial charge >= 0.3 is 5.97 Å². The molecule has 29 heavy (non-hydrogen) atoms. The molecule has 4 rings (SSSR count). The first-order chi connectivity index (χ1) is 14.1. The number of methoxy groups -OCH3 is 1. The van der Waals surface area contributed by atoms with E-state index in [4.69, 9.17) is 4.74 Å². The van der Waals surface area contributed by atoms with Crippen LogP contribution >= 0.6 is 0 Å². The van der Waals surface area contributed by atoms with Crippen molar-refractivity contribution in [2.75, 3.05) is 20.2 Å². The third-order valence-electron chi connectivity index (χ3n) is 5.14. The summed E-state index contributed by atoms with van der Waals surface area (Å²) in [4.78, 5) is 25.8. The van der Waals surface area contributed by atoms with Gasteiger partial charge in [0.2, 0.25) is 0 Å². The summed E-state index contributed by atoms with van der Waals surface area (Å²) in [5.74, 6) is -0.893. The Balaban J connectivity index is 1.71. The van der Waals surface area contributed by atoms with Crippen LogP contribution in [-0.4, -0.2) is 51.9 Å². The number of ether oxygens (including phenoxy) is 1. The zero-order chi connectivity index (χ0) is 20.4. The Morgan fingerprint density at radius 3 is 2.45 bits per heavy atom. The molecule has 2 aromatic carbocycles. The molecular weight excluding hydrogens is 370 g/mol. The van der Waals surface area contributed by atoms with E-state index < -0.39 is 11.9 Å². The molecule has 1 aliphatic rings. The van der Waals surface area contributed by atoms with Gasteiger partial charge in [-0.3, -0.25) is 9.59 Å². The van der Waals surface area contributed by atoms with Crippen LogP contribution < -0.4 is 4.74 Å². The number of aliphatic carboxylic acids is 1. The van der Waals surface area contributed by atoms with Crippen LogP contribution in [0.4, 0.5) is 0 Å². The van der Waals surface area contributed by atoms with Crippen LogP contribution in [0.5, 0.6) is 5.75 Å². The van der Waals surface area contributed by atoms with Gasteiger partial charge in [-0.05, 0) is 48.9 Å². The van der Waals surface area contributed by atoms with Crippen molar-refractivity contribution in [1.29, 1.82) is 0 Å². The van der Waals surface area contributed by atoms with Crippen LogP contribution in [-0.2, 0) is 4.79 Å². The summed E-state index contributed by atoms with van der Waals surface area (Å²) in [6.07, 6.45) is 0.464. The van der Waals surface area contributed by atoms with Gasteiger partial charge in [0.1, 0.15) is 5.75 Å². The van der Waals surface area contributed by atoms with E-state index in [0.29, 0.717) is 18.7 Å². The lowest BCUT2D eigenvalue weighted by Gasteiger charge is -2.13. The minimum absolute atomic E-state index is 0.213. The molecule has 0 saturated carbocycles. The fourth-order valence-electron chi connectivity index (χ4n) is 3.53. The first kappa shape index (κ1) is 18.7. The third-order valence-corrected chi connectivity index (χ3v) is 5.14. The fraction of sp³-hybridized carbons (Fsp3) is 0.227. The zero-order valence-corrected chi connectivity index (χ0v) is 16.0. The van der Waals surface area contributed by atoms with E-state index in [1.165, 1.54) is 0 Å². The molecule has 1 amide bonds. The molecule has 2 heterocycles. The van der Waals surface area contributed by atoms with Gasteiger partial charge in [-0.1, -0.05) is 18.2 Å². The summed E-state index contributed by atoms with van der Waals surface area (Å²) in [6.45, 7) is 0.635. The number of carboxylic acids is 1. The number of likely N-dealkylation sites (tertiary alicyclic amines) is 1. The van der Waals surface area contributed by atoms with Crippen LogP contribution in [0.1, 0.15) is 16.9 Å². The first-order valence-corrected chi connectivity index (χ1v) is 9.39. The Morgan fingerprint density at radius 2 is 1.83 bits per heavy atom. The summed E-state index contributed by atoms with van der Waals surface area (Å²) in [5.41, 5.74) is 2.80. The van der Waals surface area contributed by atoms with Crippen molar-refractivity contribution < 1.29 is 19.4 Å². The second kappa shape index (κ2) is 7.79. The van der Waals surface area contributed by atoms with Crippen molar-refractivity contribution in [1.82, 2.24) is 14.7 Å². The van der Waals surface area contributed by atoms with E-state index in [-0.39, 0.29) is 12.5 Å². The maximum absolute atomic E-state index is 13.0. The molecule has 0 aliphatic carbocycles. The lowest BCUT2D eigenvalue weighted by Crippen LogP contribution is -2.30. The van der Waals surface area contributed by atoms with Gasteiger partial charge in [0.15, 0.2) is 5.69 Å². The summed E-state index contributed by atoms with van der Waals surface area (Å²) in [5, 5.41) is 13.8. The van der Waals surface area contributed by atoms with Gasteiger partial charge in [-0.25, -0.2) is 4.68 Å². The van der Waals surface area contributed by atoms with Crippen molar-refractivity contribution in [3.63, 3.8) is 0 Å². The molecule has 1 saturated heterocycles. The number of rotatable bonds is 5. The van der Waals surface area contributed by atoms with Gasteiger partial charge < -0.3 is 14.7 Å². The predicted octanol–water partition coefficient (Wildman–Crippen LogP) is 3.09. The second-order valence-electron chi connectivity index (χ2n) is 6.97. The molecular formula is C22H21N3O4. The molecule has 7 nitrogen and oxygen atoms in total. The highest BCUT2D eigenvalue weighted by atomic mass is 16.5. The maximum Gasteiger partial charge on any atom is 0.308 e. The Labute approximate surface area is 168 Å². The molecule has 1 aromatic heterocycles. The standard InChI is InChI=1S/C22H21N3O4/c1-29-18-9-7-15(8-10-18)20-13-19(23-25(20)17-5-3-2-4-6-17)21(26)24-12-11-16(14-24)22(27)28/h2-10,13,16H,11-12,14H2,1H3,(H,27,28)/t16-/m1/s1. The summed E-state index contributed by atoms with van der Waals surface area (Å²) < 4.78 is 6.96. The van der Waals surface area contributed by atoms with E-state index in [2.05, 4.69) is 5.10 Å². The van der Waals surface area contributed by atoms with Crippen LogP contribution in [0.25, 0.3) is 16.9 Å². The van der Waals surface area contributed by atoms with E-state index in [1.54, 1.807) is 22.8 Å². The molecule has 0 radical (unpaired) electrons. The van der Waals surface area contributed by atoms with Gasteiger partial charge in [0.25, 0.3) is 5.91 Å². The highest BCUT2D eigenvalue weighted by Crippen LogP contribution is 2.27. The van der Waals surface area contributed by atoms with Gasteiger partial charge in [0, 0.05) is 18.7 Å². The quantitative estimate of drug-likeness (QED) is 0.722. The highest BCUT2D eigenvalue weighted by Gasteiger charge is 2.32. The average molecular weight is 391 g/mol. The normalized spacial score (nSPS) is 16.0. The van der Waals surface area contributed by atoms with E-state index in [9.17, 15) is 14.7 Å². The Bertz CT molecular complexity index is 1030. The molecule has 148 valence electrons. The number of para-hydroxylation sites is 1. The lowest BCUT2D eigenvalue weighted by atomic mass is 10.1. The molecule has 7 heteroatoms. The first-order valence-electron chi connectivity index (χ1n) is 9.39. The number of benzene rings is 2. The van der Waals surface area contributed by atoms with Gasteiger partial charge in [-0.15, -0.1) is 0 Å². The SMILES string of the molecule is COc1ccc(-c2cc(C(=O)N3CC[C@@H](C(=O)O)C3)nn2-c2ccccc2)cc1. The predicted molar refractivity (Wildman–Crippen MR) is 107 cm³/mol. The summed E-state index contributed by atoms with van der Waals surface area (Å²) >= 11 is 0. The maximum atomic E-state index is 13.0. The average Bonchev–Trinajstić information content (AvgIpc) is 3.42. The van der Waals surface area contributed by atoms with Crippen molar-refractivity contribution in [3.8, 4) is 22.7 Å². The smallest absolute Gasteiger partial charge is 0.308 e. The van der Waals surface area contributed by atoms with E-state index in [0.717, 1.165) is 22.7 Å². The number of hydrogen-bond donors (Lipinski definition) is 1. The fourth-order valence-corrected chi connectivity index (χ4v) is 3.53. The van der Waals surface area contributed by atoms with Gasteiger partial charge in [0.05, 0.1) is 24.4 Å². The van der Waals surface area contributed by atoms with Gasteiger partial charge in [-0.2, -0.15) is 5.10 Å². The number of carboxylic acid groups (broad SMARTS) is 1. The highest BCUT2D eigenvalue weighted by molar-refractivity contribution is 5.94. The molecule has 0 bridgehead atoms. The van der Waals surface area contributed by atoms with Crippen LogP contribution in [0.3, 0.4) is 0 Å². The van der Waals surface area contributed by atoms with Crippen LogP contribution in [0.15, 0.2) is 60.7 Å². The monoisotopic (exact) mass is 391 g/mol. The minimum Gasteiger partial charge on any atom is -0.497 e. The van der Waals surface area contributed by atoms with E-state index >= 15 is 0 Å². The lowest BCUT2D eigenvalue weighted by molar-refractivity contribution is -0.141. The molecule has 1 fully saturated rings. The molecule has 1 aliphatic heterocycles. The number of amides is 1. The number of nitrogens with zero attached hydrogens (tertiary/aromatic N) is 3. The molecule has 0 unspecified atom stereocenters. The van der Waals surface area contributed by atoms with Crippen LogP contribution in [0, 0.1) is 5.92 Å². The molecule has 1 atom stereocenters. The Hall–Kier alpha value is -3.61. The van der Waals surface area contributed by atoms with Crippen molar-refractivity contribution >= 4 is 11.9 Å². The van der Waals surface area contributed by atoms with Crippen molar-refractivity contribution in [2.45, 2.75) is 6.42 Å². The topological polar surface area (TPSA) is 84.7 Å². The largest absolute Gasteiger partial charge is 0.497 e. The minimum atomic E-state index is -0.867. The third kappa shape index (κ3) is 3.71. The Morgan fingerprint density at radius 1 is 1.10 bits per heavy atom. The number of hydrogen-bond acceptors (Lipinski definition) is 4. The molecule has 0 spiro atoms. The molecule has 3 aromatic rings. The van der Waals surface area contributed by atoms with Crippen molar-refractivity contribution in [3.05, 3.63) is 66.4 Å². The number of aromatic nitrogens is 2. The molecule has 1 N–H and O–H groups in total.